The molecular formula is C31H32N6O4S. The van der Waals surface area contributed by atoms with Gasteiger partial charge < -0.3 is 19.4 Å². The molecule has 216 valence electrons. The molecule has 0 bridgehead atoms. The van der Waals surface area contributed by atoms with Gasteiger partial charge in [-0.05, 0) is 66.6 Å². The van der Waals surface area contributed by atoms with Crippen LogP contribution < -0.4 is 14.8 Å². The molecule has 1 aliphatic heterocycles. The number of carbonyl (C=O) groups is 2. The number of aromatic nitrogens is 3. The number of nitrogens with one attached hydrogen (secondary N) is 1. The van der Waals surface area contributed by atoms with Crippen LogP contribution in [0.25, 0.3) is 0 Å². The third-order valence-corrected chi connectivity index (χ3v) is 8.03. The highest BCUT2D eigenvalue weighted by Gasteiger charge is 2.33. The quantitative estimate of drug-likeness (QED) is 0.273. The maximum absolute atomic E-state index is 13.6. The van der Waals surface area contributed by atoms with E-state index in [4.69, 9.17) is 14.6 Å². The Kier molecular flexibility index (Phi) is 8.87. The van der Waals surface area contributed by atoms with Gasteiger partial charge in [-0.2, -0.15) is 5.10 Å². The number of benzene rings is 3. The maximum Gasteiger partial charge on any atom is 0.253 e. The molecule has 11 heteroatoms. The van der Waals surface area contributed by atoms with Crippen molar-refractivity contribution in [2.75, 3.05) is 20.0 Å². The summed E-state index contributed by atoms with van der Waals surface area (Å²) in [6, 6.07) is 22.5. The number of rotatable bonds is 10. The predicted octanol–water partition coefficient (Wildman–Crippen LogP) is 4.54. The second kappa shape index (κ2) is 12.9. The Bertz CT molecular complexity index is 1600. The largest absolute Gasteiger partial charge is 0.497 e. The molecule has 4 aromatic rings. The summed E-state index contributed by atoms with van der Waals surface area (Å²) in [4.78, 5) is 26.1. The van der Waals surface area contributed by atoms with E-state index in [2.05, 4.69) is 15.5 Å². The third-order valence-electron chi connectivity index (χ3n) is 7.03. The summed E-state index contributed by atoms with van der Waals surface area (Å²) in [5, 5.41) is 18.3. The van der Waals surface area contributed by atoms with Crippen LogP contribution in [0.3, 0.4) is 0 Å². The predicted molar refractivity (Wildman–Crippen MR) is 161 cm³/mol. The molecule has 5 rings (SSSR count). The van der Waals surface area contributed by atoms with Crippen molar-refractivity contribution >= 4 is 29.3 Å². The normalized spacial score (nSPS) is 14.4. The first kappa shape index (κ1) is 28.9. The Hall–Kier alpha value is -4.64. The molecule has 0 aliphatic carbocycles. The van der Waals surface area contributed by atoms with Crippen LogP contribution in [0, 0.1) is 6.92 Å². The topological polar surface area (TPSA) is 111 Å². The summed E-state index contributed by atoms with van der Waals surface area (Å²) < 4.78 is 12.4. The first-order chi connectivity index (χ1) is 20.4. The van der Waals surface area contributed by atoms with Crippen molar-refractivity contribution in [1.82, 2.24) is 25.1 Å². The van der Waals surface area contributed by atoms with Crippen LogP contribution in [0.4, 0.5) is 0 Å². The Morgan fingerprint density at radius 2 is 1.67 bits per heavy atom. The minimum atomic E-state index is -0.256. The Morgan fingerprint density at radius 1 is 0.976 bits per heavy atom. The fourth-order valence-electron chi connectivity index (χ4n) is 4.65. The Balaban J connectivity index is 1.27. The summed E-state index contributed by atoms with van der Waals surface area (Å²) in [6.45, 7) is 2.16. The lowest BCUT2D eigenvalue weighted by Gasteiger charge is -2.22. The van der Waals surface area contributed by atoms with E-state index in [-0.39, 0.29) is 30.2 Å². The Morgan fingerprint density at radius 3 is 2.33 bits per heavy atom. The fourth-order valence-corrected chi connectivity index (χ4v) is 5.43. The van der Waals surface area contributed by atoms with Crippen LogP contribution >= 0.6 is 11.8 Å². The molecule has 1 atom stereocenters. The SMILES string of the molecule is COc1ccc(C2=NN(C(=O)CSc3nnc(CNC(=O)c4cccc(C)c4)n3C)[C@@H](c3ccc(OC)cc3)C2)cc1. The number of hydrogen-bond donors (Lipinski definition) is 1. The highest BCUT2D eigenvalue weighted by molar-refractivity contribution is 7.99. The number of amides is 2. The van der Waals surface area contributed by atoms with E-state index in [1.165, 1.54) is 11.8 Å². The molecule has 0 saturated carbocycles. The van der Waals surface area contributed by atoms with Crippen LogP contribution in [0.2, 0.25) is 0 Å². The van der Waals surface area contributed by atoms with Gasteiger partial charge in [-0.3, -0.25) is 9.59 Å². The molecule has 0 saturated heterocycles. The van der Waals surface area contributed by atoms with Crippen molar-refractivity contribution in [3.05, 3.63) is 101 Å². The van der Waals surface area contributed by atoms with Crippen molar-refractivity contribution in [2.24, 2.45) is 12.1 Å². The average molecular weight is 585 g/mol. The summed E-state index contributed by atoms with van der Waals surface area (Å²) in [5.41, 5.74) is 4.32. The fraction of sp³-hybridized carbons (Fsp3) is 0.258. The molecule has 0 unspecified atom stereocenters. The number of aryl methyl sites for hydroxylation is 1. The monoisotopic (exact) mass is 584 g/mol. The zero-order chi connectivity index (χ0) is 29.6. The first-order valence-corrected chi connectivity index (χ1v) is 14.4. The summed E-state index contributed by atoms with van der Waals surface area (Å²) >= 11 is 1.28. The van der Waals surface area contributed by atoms with Gasteiger partial charge in [0.15, 0.2) is 11.0 Å². The maximum atomic E-state index is 13.6. The van der Waals surface area contributed by atoms with Crippen molar-refractivity contribution in [3.8, 4) is 11.5 Å². The Labute approximate surface area is 248 Å². The van der Waals surface area contributed by atoms with Crippen LogP contribution in [-0.2, 0) is 18.4 Å². The number of nitrogens with zero attached hydrogens (tertiary/aromatic N) is 5. The molecular weight excluding hydrogens is 552 g/mol. The number of methoxy groups -OCH3 is 2. The van der Waals surface area contributed by atoms with Crippen LogP contribution in [0.15, 0.2) is 83.1 Å². The van der Waals surface area contributed by atoms with Gasteiger partial charge in [-0.1, -0.05) is 41.6 Å². The third kappa shape index (κ3) is 6.46. The van der Waals surface area contributed by atoms with Crippen molar-refractivity contribution in [2.45, 2.75) is 31.1 Å². The van der Waals surface area contributed by atoms with E-state index in [0.29, 0.717) is 23.0 Å². The lowest BCUT2D eigenvalue weighted by atomic mass is 9.98. The van der Waals surface area contributed by atoms with Crippen molar-refractivity contribution < 1.29 is 19.1 Å². The number of thioether (sulfide) groups is 1. The van der Waals surface area contributed by atoms with Gasteiger partial charge in [0.05, 0.1) is 38.3 Å². The smallest absolute Gasteiger partial charge is 0.253 e. The van der Waals surface area contributed by atoms with E-state index < -0.39 is 0 Å². The van der Waals surface area contributed by atoms with Crippen molar-refractivity contribution in [3.63, 3.8) is 0 Å². The molecule has 0 spiro atoms. The standard InChI is InChI=1S/C31H32N6O4S/c1-20-6-5-7-23(16-20)30(39)32-18-28-33-34-31(36(28)2)42-19-29(38)37-27(22-10-14-25(41-4)15-11-22)17-26(35-37)21-8-12-24(40-3)13-9-21/h5-16,27H,17-19H2,1-4H3,(H,32,39)/t27-/m1/s1. The summed E-state index contributed by atoms with van der Waals surface area (Å²) in [6.07, 6.45) is 0.573. The first-order valence-electron chi connectivity index (χ1n) is 13.4. The number of hydrazone groups is 1. The number of carbonyl (C=O) groups excluding carboxylic acids is 2. The molecule has 1 aromatic heterocycles. The van der Waals surface area contributed by atoms with E-state index in [1.54, 1.807) is 29.9 Å². The average Bonchev–Trinajstić information content (AvgIpc) is 3.62. The zero-order valence-electron chi connectivity index (χ0n) is 23.9. The molecule has 3 aromatic carbocycles. The van der Waals surface area contributed by atoms with Crippen molar-refractivity contribution in [1.29, 1.82) is 0 Å². The molecule has 2 amide bonds. The van der Waals surface area contributed by atoms with Crippen LogP contribution in [0.1, 0.15) is 45.3 Å². The molecule has 1 aliphatic rings. The van der Waals surface area contributed by atoms with Gasteiger partial charge >= 0.3 is 0 Å². The second-order valence-electron chi connectivity index (χ2n) is 9.81. The van der Waals surface area contributed by atoms with Gasteiger partial charge in [0.25, 0.3) is 11.8 Å². The van der Waals surface area contributed by atoms with Crippen LogP contribution in [-0.4, -0.2) is 57.3 Å². The second-order valence-corrected chi connectivity index (χ2v) is 10.7. The minimum absolute atomic E-state index is 0.119. The highest BCUT2D eigenvalue weighted by atomic mass is 32.2. The van der Waals surface area contributed by atoms with E-state index >= 15 is 0 Å². The van der Waals surface area contributed by atoms with Gasteiger partial charge in [-0.25, -0.2) is 5.01 Å². The molecule has 0 fully saturated rings. The number of hydrogen-bond acceptors (Lipinski definition) is 8. The number of ether oxygens (including phenoxy) is 2. The van der Waals surface area contributed by atoms with Crippen LogP contribution in [0.5, 0.6) is 11.5 Å². The van der Waals surface area contributed by atoms with E-state index in [0.717, 1.165) is 33.9 Å². The van der Waals surface area contributed by atoms with E-state index in [1.807, 2.05) is 80.7 Å². The summed E-state index contributed by atoms with van der Waals surface area (Å²) in [7, 11) is 5.07. The lowest BCUT2D eigenvalue weighted by molar-refractivity contribution is -0.130. The van der Waals surface area contributed by atoms with Gasteiger partial charge in [0.1, 0.15) is 11.5 Å². The molecule has 1 N–H and O–H groups in total. The van der Waals surface area contributed by atoms with Gasteiger partial charge in [0.2, 0.25) is 0 Å². The van der Waals surface area contributed by atoms with Gasteiger partial charge in [-0.15, -0.1) is 10.2 Å². The molecule has 2 heterocycles. The van der Waals surface area contributed by atoms with Gasteiger partial charge in [0, 0.05) is 19.0 Å². The lowest BCUT2D eigenvalue weighted by Crippen LogP contribution is -2.28. The minimum Gasteiger partial charge on any atom is -0.497 e. The molecule has 42 heavy (non-hydrogen) atoms. The zero-order valence-corrected chi connectivity index (χ0v) is 24.7. The molecule has 0 radical (unpaired) electrons. The summed E-state index contributed by atoms with van der Waals surface area (Å²) in [5.74, 6) is 1.87. The molecule has 10 nitrogen and oxygen atoms in total. The highest BCUT2D eigenvalue weighted by Crippen LogP contribution is 2.34. The van der Waals surface area contributed by atoms with E-state index in [9.17, 15) is 9.59 Å².